The molecule has 0 atom stereocenters. The minimum Gasteiger partial charge on any atom is -0.352 e. The molecule has 0 radical (unpaired) electrons. The first-order valence-corrected chi connectivity index (χ1v) is 8.15. The van der Waals surface area contributed by atoms with Gasteiger partial charge in [-0.05, 0) is 38.6 Å². The first kappa shape index (κ1) is 15.3. The highest BCUT2D eigenvalue weighted by atomic mass is 16.2. The van der Waals surface area contributed by atoms with Crippen molar-refractivity contribution in [1.29, 1.82) is 5.26 Å². The van der Waals surface area contributed by atoms with Crippen LogP contribution in [-0.2, 0) is 4.79 Å². The summed E-state index contributed by atoms with van der Waals surface area (Å²) < 4.78 is 0. The fraction of sp³-hybridized carbons (Fsp3) is 0.875. The summed E-state index contributed by atoms with van der Waals surface area (Å²) in [4.78, 5) is 14.9. The fourth-order valence-corrected chi connectivity index (χ4v) is 3.49. The first-order valence-electron chi connectivity index (χ1n) is 8.15. The molecule has 1 aliphatic heterocycles. The number of amides is 1. The predicted molar refractivity (Wildman–Crippen MR) is 79.0 cm³/mol. The van der Waals surface area contributed by atoms with Crippen LogP contribution in [0.15, 0.2) is 0 Å². The third-order valence-electron chi connectivity index (χ3n) is 4.82. The zero-order valence-corrected chi connectivity index (χ0v) is 12.7. The molecule has 1 saturated heterocycles. The number of carbonyl (C=O) groups excluding carboxylic acids is 1. The maximum Gasteiger partial charge on any atom is 0.240 e. The van der Waals surface area contributed by atoms with E-state index in [0.717, 1.165) is 64.6 Å². The molecule has 1 saturated carbocycles. The van der Waals surface area contributed by atoms with Gasteiger partial charge in [0, 0.05) is 19.1 Å². The molecule has 112 valence electrons. The van der Waals surface area contributed by atoms with Crippen LogP contribution < -0.4 is 5.32 Å². The summed E-state index contributed by atoms with van der Waals surface area (Å²) in [5.41, 5.74) is -0.737. The third-order valence-corrected chi connectivity index (χ3v) is 4.82. The molecule has 2 aliphatic rings. The van der Waals surface area contributed by atoms with Crippen molar-refractivity contribution in [1.82, 2.24) is 10.2 Å². The second kappa shape index (κ2) is 7.08. The van der Waals surface area contributed by atoms with Crippen molar-refractivity contribution in [3.63, 3.8) is 0 Å². The van der Waals surface area contributed by atoms with E-state index in [-0.39, 0.29) is 11.9 Å². The van der Waals surface area contributed by atoms with Crippen LogP contribution >= 0.6 is 0 Å². The zero-order valence-electron chi connectivity index (χ0n) is 12.7. The van der Waals surface area contributed by atoms with E-state index in [1.165, 1.54) is 6.42 Å². The highest BCUT2D eigenvalue weighted by Crippen LogP contribution is 2.36. The van der Waals surface area contributed by atoms with Crippen LogP contribution in [0.1, 0.15) is 58.3 Å². The van der Waals surface area contributed by atoms with Gasteiger partial charge in [0.1, 0.15) is 5.41 Å². The topological polar surface area (TPSA) is 56.1 Å². The highest BCUT2D eigenvalue weighted by molar-refractivity contribution is 5.85. The van der Waals surface area contributed by atoms with Crippen LogP contribution in [0.3, 0.4) is 0 Å². The van der Waals surface area contributed by atoms with Gasteiger partial charge in [0.05, 0.1) is 6.07 Å². The average molecular weight is 277 g/mol. The molecule has 1 N–H and O–H groups in total. The molecule has 1 amide bonds. The molecular weight excluding hydrogens is 250 g/mol. The monoisotopic (exact) mass is 277 g/mol. The summed E-state index contributed by atoms with van der Waals surface area (Å²) in [5.74, 6) is -0.00589. The van der Waals surface area contributed by atoms with E-state index in [2.05, 4.69) is 23.2 Å². The van der Waals surface area contributed by atoms with E-state index < -0.39 is 5.41 Å². The number of rotatable bonds is 4. The lowest BCUT2D eigenvalue weighted by molar-refractivity contribution is -0.130. The quantitative estimate of drug-likeness (QED) is 0.858. The van der Waals surface area contributed by atoms with Crippen molar-refractivity contribution < 1.29 is 4.79 Å². The number of likely N-dealkylation sites (tertiary alicyclic amines) is 1. The highest BCUT2D eigenvalue weighted by Gasteiger charge is 2.40. The summed E-state index contributed by atoms with van der Waals surface area (Å²) in [6, 6.07) is 2.58. The van der Waals surface area contributed by atoms with Crippen LogP contribution in [0.25, 0.3) is 0 Å². The van der Waals surface area contributed by atoms with Crippen LogP contribution in [0.4, 0.5) is 0 Å². The largest absolute Gasteiger partial charge is 0.352 e. The lowest BCUT2D eigenvalue weighted by atomic mass is 9.74. The molecule has 1 aliphatic carbocycles. The molecule has 1 heterocycles. The van der Waals surface area contributed by atoms with E-state index >= 15 is 0 Å². The van der Waals surface area contributed by atoms with Gasteiger partial charge in [0.2, 0.25) is 5.91 Å². The predicted octanol–water partition coefficient (Wildman–Crippen LogP) is 2.45. The van der Waals surface area contributed by atoms with Crippen LogP contribution in [0.2, 0.25) is 0 Å². The van der Waals surface area contributed by atoms with Gasteiger partial charge in [-0.2, -0.15) is 5.26 Å². The molecule has 0 unspecified atom stereocenters. The van der Waals surface area contributed by atoms with Crippen LogP contribution in [0, 0.1) is 16.7 Å². The standard InChI is InChI=1S/C16H27N3O/c1-2-10-19-11-6-14(7-12-19)18-15(20)16(13-17)8-4-3-5-9-16/h14H,2-12H2,1H3,(H,18,20). The number of nitrogens with one attached hydrogen (secondary N) is 1. The molecular formula is C16H27N3O. The van der Waals surface area contributed by atoms with Gasteiger partial charge in [-0.15, -0.1) is 0 Å². The van der Waals surface area contributed by atoms with Crippen molar-refractivity contribution in [2.75, 3.05) is 19.6 Å². The Balaban J connectivity index is 1.84. The SMILES string of the molecule is CCCN1CCC(NC(=O)C2(C#N)CCCCC2)CC1. The molecule has 0 aromatic heterocycles. The summed E-state index contributed by atoms with van der Waals surface area (Å²) in [7, 11) is 0. The Hall–Kier alpha value is -1.08. The molecule has 2 rings (SSSR count). The van der Waals surface area contributed by atoms with Gasteiger partial charge in [-0.1, -0.05) is 26.2 Å². The molecule has 0 bridgehead atoms. The molecule has 0 aromatic carbocycles. The molecule has 0 aromatic rings. The van der Waals surface area contributed by atoms with Crippen molar-refractivity contribution in [2.24, 2.45) is 5.41 Å². The first-order chi connectivity index (χ1) is 9.70. The summed E-state index contributed by atoms with van der Waals surface area (Å²) in [5, 5.41) is 12.6. The number of hydrogen-bond donors (Lipinski definition) is 1. The van der Waals surface area contributed by atoms with Crippen molar-refractivity contribution in [3.8, 4) is 6.07 Å². The van der Waals surface area contributed by atoms with Gasteiger partial charge >= 0.3 is 0 Å². The van der Waals surface area contributed by atoms with Crippen molar-refractivity contribution >= 4 is 5.91 Å². The van der Waals surface area contributed by atoms with E-state index in [1.54, 1.807) is 0 Å². The minimum atomic E-state index is -0.737. The zero-order chi connectivity index (χ0) is 14.4. The summed E-state index contributed by atoms with van der Waals surface area (Å²) in [6.45, 7) is 5.49. The van der Waals surface area contributed by atoms with E-state index in [9.17, 15) is 10.1 Å². The Morgan fingerprint density at radius 3 is 2.50 bits per heavy atom. The smallest absolute Gasteiger partial charge is 0.240 e. The van der Waals surface area contributed by atoms with Gasteiger partial charge < -0.3 is 10.2 Å². The second-order valence-electron chi connectivity index (χ2n) is 6.34. The second-order valence-corrected chi connectivity index (χ2v) is 6.34. The molecule has 2 fully saturated rings. The lowest BCUT2D eigenvalue weighted by Gasteiger charge is -2.35. The normalized spacial score (nSPS) is 24.0. The lowest BCUT2D eigenvalue weighted by Crippen LogP contribution is -2.50. The number of hydrogen-bond acceptors (Lipinski definition) is 3. The number of nitriles is 1. The van der Waals surface area contributed by atoms with Crippen molar-refractivity contribution in [2.45, 2.75) is 64.3 Å². The van der Waals surface area contributed by atoms with E-state index in [1.807, 2.05) is 0 Å². The van der Waals surface area contributed by atoms with Gasteiger partial charge in [0.15, 0.2) is 0 Å². The van der Waals surface area contributed by atoms with Gasteiger partial charge in [-0.3, -0.25) is 4.79 Å². The van der Waals surface area contributed by atoms with E-state index in [0.29, 0.717) is 0 Å². The number of carbonyl (C=O) groups is 1. The Kier molecular flexibility index (Phi) is 5.42. The van der Waals surface area contributed by atoms with Crippen molar-refractivity contribution in [3.05, 3.63) is 0 Å². The van der Waals surface area contributed by atoms with Gasteiger partial charge in [0.25, 0.3) is 0 Å². The fourth-order valence-electron chi connectivity index (χ4n) is 3.49. The van der Waals surface area contributed by atoms with Crippen LogP contribution in [0.5, 0.6) is 0 Å². The molecule has 4 nitrogen and oxygen atoms in total. The third kappa shape index (κ3) is 3.52. The summed E-state index contributed by atoms with van der Waals surface area (Å²) >= 11 is 0. The summed E-state index contributed by atoms with van der Waals surface area (Å²) in [6.07, 6.45) is 7.89. The Bertz CT molecular complexity index is 360. The molecule has 0 spiro atoms. The number of nitrogens with zero attached hydrogens (tertiary/aromatic N) is 2. The Morgan fingerprint density at radius 2 is 1.95 bits per heavy atom. The number of piperidine rings is 1. The van der Waals surface area contributed by atoms with E-state index in [4.69, 9.17) is 0 Å². The maximum atomic E-state index is 12.5. The van der Waals surface area contributed by atoms with Crippen LogP contribution in [-0.4, -0.2) is 36.5 Å². The van der Waals surface area contributed by atoms with Gasteiger partial charge in [-0.25, -0.2) is 0 Å². The Labute approximate surface area is 122 Å². The average Bonchev–Trinajstić information content (AvgIpc) is 2.50. The molecule has 20 heavy (non-hydrogen) atoms. The Morgan fingerprint density at radius 1 is 1.30 bits per heavy atom. The maximum absolute atomic E-state index is 12.5. The minimum absolute atomic E-state index is 0.00589. The molecule has 4 heteroatoms.